The molecule has 3 N–H and O–H groups in total. The van der Waals surface area contributed by atoms with Crippen molar-refractivity contribution in [3.63, 3.8) is 0 Å². The summed E-state index contributed by atoms with van der Waals surface area (Å²) in [4.78, 5) is 11.6. The summed E-state index contributed by atoms with van der Waals surface area (Å²) in [5, 5.41) is 14.5. The van der Waals surface area contributed by atoms with Crippen LogP contribution in [-0.2, 0) is 4.79 Å². The van der Waals surface area contributed by atoms with Gasteiger partial charge in [-0.3, -0.25) is 4.79 Å². The van der Waals surface area contributed by atoms with E-state index in [9.17, 15) is 4.79 Å². The first kappa shape index (κ1) is 10.5. The molecule has 1 fully saturated rings. The summed E-state index contributed by atoms with van der Waals surface area (Å²) >= 11 is 0. The number of aliphatic hydroxyl groups excluding tert-OH is 1. The average molecular weight is 186 g/mol. The maximum absolute atomic E-state index is 11.6. The molecular formula is C9H18N2O2. The number of piperidine rings is 1. The predicted molar refractivity (Wildman–Crippen MR) is 50.3 cm³/mol. The fraction of sp³-hybridized carbons (Fsp3) is 0.889. The molecule has 1 rings (SSSR count). The molecule has 0 aliphatic carbocycles. The van der Waals surface area contributed by atoms with E-state index in [1.807, 2.05) is 6.92 Å². The Balaban J connectivity index is 2.42. The van der Waals surface area contributed by atoms with Crippen LogP contribution in [0.15, 0.2) is 0 Å². The van der Waals surface area contributed by atoms with Gasteiger partial charge in [0.05, 0.1) is 6.61 Å². The van der Waals surface area contributed by atoms with Gasteiger partial charge in [-0.05, 0) is 25.9 Å². The number of hydrogen-bond acceptors (Lipinski definition) is 3. The fourth-order valence-corrected chi connectivity index (χ4v) is 1.59. The van der Waals surface area contributed by atoms with Crippen LogP contribution in [0.5, 0.6) is 0 Å². The maximum atomic E-state index is 11.6. The lowest BCUT2D eigenvalue weighted by molar-refractivity contribution is -0.131. The number of carbonyl (C=O) groups is 1. The van der Waals surface area contributed by atoms with Crippen LogP contribution in [0.25, 0.3) is 0 Å². The van der Waals surface area contributed by atoms with E-state index >= 15 is 0 Å². The second-order valence-electron chi connectivity index (χ2n) is 3.79. The fourth-order valence-electron chi connectivity index (χ4n) is 1.59. The molecule has 0 radical (unpaired) electrons. The summed E-state index contributed by atoms with van der Waals surface area (Å²) in [6, 6.07) is 0. The zero-order valence-electron chi connectivity index (χ0n) is 8.10. The summed E-state index contributed by atoms with van der Waals surface area (Å²) in [7, 11) is 0. The summed E-state index contributed by atoms with van der Waals surface area (Å²) < 4.78 is 0. The van der Waals surface area contributed by atoms with Crippen LogP contribution >= 0.6 is 0 Å². The lowest BCUT2D eigenvalue weighted by Crippen LogP contribution is -2.46. The molecule has 0 aromatic heterocycles. The highest BCUT2D eigenvalue weighted by Gasteiger charge is 2.33. The molecule has 0 spiro atoms. The van der Waals surface area contributed by atoms with Gasteiger partial charge in [0.15, 0.2) is 0 Å². The smallest absolute Gasteiger partial charge is 0.226 e. The number of aliphatic hydroxyl groups is 1. The van der Waals surface area contributed by atoms with Gasteiger partial charge in [0, 0.05) is 12.0 Å². The van der Waals surface area contributed by atoms with Gasteiger partial charge in [-0.1, -0.05) is 6.92 Å². The van der Waals surface area contributed by atoms with Crippen molar-refractivity contribution >= 4 is 5.91 Å². The van der Waals surface area contributed by atoms with Crippen LogP contribution in [0.1, 0.15) is 19.8 Å². The van der Waals surface area contributed by atoms with Crippen molar-refractivity contribution in [2.75, 3.05) is 26.2 Å². The molecule has 0 bridgehead atoms. The van der Waals surface area contributed by atoms with Gasteiger partial charge in [0.25, 0.3) is 0 Å². The highest BCUT2D eigenvalue weighted by atomic mass is 16.3. The van der Waals surface area contributed by atoms with Crippen LogP contribution in [0.4, 0.5) is 0 Å². The molecule has 1 heterocycles. The van der Waals surface area contributed by atoms with Crippen LogP contribution in [0.2, 0.25) is 0 Å². The summed E-state index contributed by atoms with van der Waals surface area (Å²) in [5.74, 6) is 0.0723. The third kappa shape index (κ3) is 2.67. The maximum Gasteiger partial charge on any atom is 0.226 e. The minimum Gasteiger partial charge on any atom is -0.395 e. The summed E-state index contributed by atoms with van der Waals surface area (Å²) in [5.41, 5.74) is -0.236. The second kappa shape index (κ2) is 4.58. The Hall–Kier alpha value is -0.610. The zero-order chi connectivity index (χ0) is 9.73. The first-order valence-electron chi connectivity index (χ1n) is 4.79. The van der Waals surface area contributed by atoms with E-state index in [1.165, 1.54) is 0 Å². The molecule has 1 aliphatic heterocycles. The summed E-state index contributed by atoms with van der Waals surface area (Å²) in [6.45, 7) is 4.18. The van der Waals surface area contributed by atoms with E-state index in [-0.39, 0.29) is 17.9 Å². The molecule has 0 atom stereocenters. The monoisotopic (exact) mass is 186 g/mol. The Morgan fingerprint density at radius 1 is 1.54 bits per heavy atom. The van der Waals surface area contributed by atoms with Crippen LogP contribution < -0.4 is 10.6 Å². The molecule has 0 saturated carbocycles. The van der Waals surface area contributed by atoms with Gasteiger partial charge in [0.2, 0.25) is 5.91 Å². The predicted octanol–water partition coefficient (Wildman–Crippen LogP) is -0.515. The van der Waals surface area contributed by atoms with Gasteiger partial charge in [-0.25, -0.2) is 0 Å². The van der Waals surface area contributed by atoms with Crippen molar-refractivity contribution in [1.82, 2.24) is 10.6 Å². The molecule has 1 saturated heterocycles. The SMILES string of the molecule is CC1(C(=O)NCCO)CCNCC1. The van der Waals surface area contributed by atoms with E-state index in [1.54, 1.807) is 0 Å². The third-order valence-corrected chi connectivity index (χ3v) is 2.65. The molecule has 76 valence electrons. The highest BCUT2D eigenvalue weighted by molar-refractivity contribution is 5.82. The van der Waals surface area contributed by atoms with Crippen LogP contribution in [0, 0.1) is 5.41 Å². The number of nitrogens with one attached hydrogen (secondary N) is 2. The molecule has 4 heteroatoms. The van der Waals surface area contributed by atoms with Crippen molar-refractivity contribution in [2.45, 2.75) is 19.8 Å². The van der Waals surface area contributed by atoms with Gasteiger partial charge in [0.1, 0.15) is 0 Å². The number of hydrogen-bond donors (Lipinski definition) is 3. The summed E-state index contributed by atoms with van der Waals surface area (Å²) in [6.07, 6.45) is 1.76. The number of carbonyl (C=O) groups excluding carboxylic acids is 1. The Morgan fingerprint density at radius 2 is 2.15 bits per heavy atom. The van der Waals surface area contributed by atoms with Crippen molar-refractivity contribution in [3.8, 4) is 0 Å². The molecule has 0 unspecified atom stereocenters. The molecule has 1 amide bonds. The minimum absolute atomic E-state index is 0.0140. The number of amides is 1. The second-order valence-corrected chi connectivity index (χ2v) is 3.79. The molecule has 0 aromatic rings. The quantitative estimate of drug-likeness (QED) is 0.556. The van der Waals surface area contributed by atoms with Crippen LogP contribution in [-0.4, -0.2) is 37.3 Å². The first-order chi connectivity index (χ1) is 6.19. The van der Waals surface area contributed by atoms with Crippen molar-refractivity contribution < 1.29 is 9.90 Å². The number of rotatable bonds is 3. The van der Waals surface area contributed by atoms with E-state index in [2.05, 4.69) is 10.6 Å². The normalized spacial score (nSPS) is 21.1. The van der Waals surface area contributed by atoms with Crippen molar-refractivity contribution in [1.29, 1.82) is 0 Å². The minimum atomic E-state index is -0.236. The van der Waals surface area contributed by atoms with E-state index in [0.29, 0.717) is 6.54 Å². The van der Waals surface area contributed by atoms with Gasteiger partial charge < -0.3 is 15.7 Å². The third-order valence-electron chi connectivity index (χ3n) is 2.65. The Morgan fingerprint density at radius 3 is 2.69 bits per heavy atom. The van der Waals surface area contributed by atoms with E-state index < -0.39 is 0 Å². The van der Waals surface area contributed by atoms with Gasteiger partial charge in [-0.15, -0.1) is 0 Å². The Labute approximate surface area is 78.7 Å². The van der Waals surface area contributed by atoms with Gasteiger partial charge in [-0.2, -0.15) is 0 Å². The van der Waals surface area contributed by atoms with E-state index in [4.69, 9.17) is 5.11 Å². The zero-order valence-corrected chi connectivity index (χ0v) is 8.10. The Kier molecular flexibility index (Phi) is 3.69. The topological polar surface area (TPSA) is 61.4 Å². The standard InChI is InChI=1S/C9H18N2O2/c1-9(2-4-10-5-3-9)8(13)11-6-7-12/h10,12H,2-7H2,1H3,(H,11,13). The average Bonchev–Trinajstić information content (AvgIpc) is 2.15. The molecular weight excluding hydrogens is 168 g/mol. The van der Waals surface area contributed by atoms with Crippen molar-refractivity contribution in [3.05, 3.63) is 0 Å². The first-order valence-corrected chi connectivity index (χ1v) is 4.79. The van der Waals surface area contributed by atoms with Gasteiger partial charge >= 0.3 is 0 Å². The molecule has 13 heavy (non-hydrogen) atoms. The van der Waals surface area contributed by atoms with Crippen molar-refractivity contribution in [2.24, 2.45) is 5.41 Å². The van der Waals surface area contributed by atoms with Crippen LogP contribution in [0.3, 0.4) is 0 Å². The largest absolute Gasteiger partial charge is 0.395 e. The highest BCUT2D eigenvalue weighted by Crippen LogP contribution is 2.27. The lowest BCUT2D eigenvalue weighted by Gasteiger charge is -2.32. The molecule has 4 nitrogen and oxygen atoms in total. The lowest BCUT2D eigenvalue weighted by atomic mass is 9.80. The molecule has 0 aromatic carbocycles. The molecule has 1 aliphatic rings. The Bertz CT molecular complexity index is 176. The van der Waals surface area contributed by atoms with E-state index in [0.717, 1.165) is 25.9 Å².